The zero-order valence-corrected chi connectivity index (χ0v) is 14.0. The molecule has 1 heterocycles. The van der Waals surface area contributed by atoms with Gasteiger partial charge in [0, 0.05) is 12.2 Å². The number of anilines is 1. The standard InChI is InChI=1S/C18H20N2O4/c1-18(2,3)13-4-6-14(7-5-13)19-10-12-8-16-17(24-11-23-16)9-15(12)20(21)22/h4-9,19H,10-11H2,1-3H3. The first kappa shape index (κ1) is 16.1. The van der Waals surface area contributed by atoms with E-state index >= 15 is 0 Å². The Morgan fingerprint density at radius 2 is 1.75 bits per heavy atom. The predicted molar refractivity (Wildman–Crippen MR) is 91.7 cm³/mol. The molecular weight excluding hydrogens is 308 g/mol. The molecule has 2 aromatic rings. The lowest BCUT2D eigenvalue weighted by molar-refractivity contribution is -0.385. The Morgan fingerprint density at radius 3 is 2.33 bits per heavy atom. The number of ether oxygens (including phenoxy) is 2. The van der Waals surface area contributed by atoms with Crippen LogP contribution in [0.25, 0.3) is 0 Å². The molecule has 0 aliphatic carbocycles. The quantitative estimate of drug-likeness (QED) is 0.671. The molecule has 6 nitrogen and oxygen atoms in total. The van der Waals surface area contributed by atoms with Gasteiger partial charge in [0.05, 0.1) is 16.6 Å². The van der Waals surface area contributed by atoms with E-state index in [-0.39, 0.29) is 17.9 Å². The Bertz CT molecular complexity index is 764. The van der Waals surface area contributed by atoms with E-state index in [1.807, 2.05) is 12.1 Å². The second-order valence-electron chi connectivity index (χ2n) is 6.77. The monoisotopic (exact) mass is 328 g/mol. The molecule has 1 aliphatic rings. The Morgan fingerprint density at radius 1 is 1.12 bits per heavy atom. The molecule has 0 radical (unpaired) electrons. The molecule has 126 valence electrons. The van der Waals surface area contributed by atoms with Gasteiger partial charge in [-0.3, -0.25) is 10.1 Å². The number of rotatable bonds is 4. The van der Waals surface area contributed by atoms with Crippen molar-refractivity contribution in [3.8, 4) is 11.5 Å². The van der Waals surface area contributed by atoms with Gasteiger partial charge in [-0.1, -0.05) is 32.9 Å². The summed E-state index contributed by atoms with van der Waals surface area (Å²) in [7, 11) is 0. The molecule has 24 heavy (non-hydrogen) atoms. The lowest BCUT2D eigenvalue weighted by Gasteiger charge is -2.19. The number of hydrogen-bond acceptors (Lipinski definition) is 5. The molecule has 1 aliphatic heterocycles. The van der Waals surface area contributed by atoms with E-state index < -0.39 is 4.92 Å². The molecule has 0 unspecified atom stereocenters. The van der Waals surface area contributed by atoms with Crippen LogP contribution in [-0.2, 0) is 12.0 Å². The van der Waals surface area contributed by atoms with Crippen molar-refractivity contribution in [2.24, 2.45) is 0 Å². The normalized spacial score (nSPS) is 13.0. The second-order valence-corrected chi connectivity index (χ2v) is 6.77. The molecule has 0 atom stereocenters. The van der Waals surface area contributed by atoms with Gasteiger partial charge in [-0.25, -0.2) is 0 Å². The number of nitrogens with one attached hydrogen (secondary N) is 1. The lowest BCUT2D eigenvalue weighted by Crippen LogP contribution is -2.11. The number of nitro groups is 1. The van der Waals surface area contributed by atoms with Crippen LogP contribution in [0.5, 0.6) is 11.5 Å². The highest BCUT2D eigenvalue weighted by Gasteiger charge is 2.23. The third kappa shape index (κ3) is 3.27. The fourth-order valence-corrected chi connectivity index (χ4v) is 2.57. The molecule has 3 rings (SSSR count). The van der Waals surface area contributed by atoms with E-state index in [1.165, 1.54) is 11.6 Å². The van der Waals surface area contributed by atoms with Crippen molar-refractivity contribution in [3.05, 3.63) is 57.6 Å². The zero-order valence-electron chi connectivity index (χ0n) is 14.0. The second kappa shape index (κ2) is 6.03. The molecule has 1 N–H and O–H groups in total. The maximum absolute atomic E-state index is 11.3. The van der Waals surface area contributed by atoms with Crippen molar-refractivity contribution in [1.29, 1.82) is 0 Å². The average molecular weight is 328 g/mol. The maximum atomic E-state index is 11.3. The van der Waals surface area contributed by atoms with Gasteiger partial charge in [-0.05, 0) is 29.2 Å². The first-order valence-electron chi connectivity index (χ1n) is 7.76. The number of nitrogens with zero attached hydrogens (tertiary/aromatic N) is 1. The van der Waals surface area contributed by atoms with Crippen LogP contribution in [0.1, 0.15) is 31.9 Å². The summed E-state index contributed by atoms with van der Waals surface area (Å²) in [4.78, 5) is 10.9. The predicted octanol–water partition coefficient (Wildman–Crippen LogP) is 4.23. The van der Waals surface area contributed by atoms with Crippen LogP contribution in [0.3, 0.4) is 0 Å². The number of nitro benzene ring substituents is 1. The molecule has 0 amide bonds. The van der Waals surface area contributed by atoms with Crippen LogP contribution in [0.4, 0.5) is 11.4 Å². The van der Waals surface area contributed by atoms with E-state index in [9.17, 15) is 10.1 Å². The van der Waals surface area contributed by atoms with Crippen LogP contribution in [-0.4, -0.2) is 11.7 Å². The van der Waals surface area contributed by atoms with Crippen molar-refractivity contribution in [3.63, 3.8) is 0 Å². The number of hydrogen-bond donors (Lipinski definition) is 1. The van der Waals surface area contributed by atoms with Gasteiger partial charge in [0.1, 0.15) is 0 Å². The van der Waals surface area contributed by atoms with Crippen LogP contribution in [0.15, 0.2) is 36.4 Å². The first-order chi connectivity index (χ1) is 11.3. The highest BCUT2D eigenvalue weighted by Crippen LogP contribution is 2.38. The van der Waals surface area contributed by atoms with Crippen molar-refractivity contribution in [1.82, 2.24) is 0 Å². The van der Waals surface area contributed by atoms with Crippen molar-refractivity contribution < 1.29 is 14.4 Å². The van der Waals surface area contributed by atoms with Crippen LogP contribution in [0, 0.1) is 10.1 Å². The molecule has 0 fully saturated rings. The maximum Gasteiger partial charge on any atom is 0.278 e. The van der Waals surface area contributed by atoms with Gasteiger partial charge < -0.3 is 14.8 Å². The summed E-state index contributed by atoms with van der Waals surface area (Å²) in [6.07, 6.45) is 0. The highest BCUT2D eigenvalue weighted by atomic mass is 16.7. The summed E-state index contributed by atoms with van der Waals surface area (Å²) in [5.41, 5.74) is 2.83. The molecule has 2 aromatic carbocycles. The summed E-state index contributed by atoms with van der Waals surface area (Å²) in [6, 6.07) is 11.2. The van der Waals surface area contributed by atoms with Gasteiger partial charge in [-0.2, -0.15) is 0 Å². The molecule has 0 saturated heterocycles. The van der Waals surface area contributed by atoms with Crippen molar-refractivity contribution >= 4 is 11.4 Å². The zero-order chi connectivity index (χ0) is 17.3. The molecular formula is C18H20N2O4. The first-order valence-corrected chi connectivity index (χ1v) is 7.76. The minimum absolute atomic E-state index is 0.0260. The number of fused-ring (bicyclic) bond motifs is 1. The van der Waals surface area contributed by atoms with Crippen LogP contribution < -0.4 is 14.8 Å². The Hall–Kier alpha value is -2.76. The third-order valence-electron chi connectivity index (χ3n) is 4.00. The molecule has 6 heteroatoms. The largest absolute Gasteiger partial charge is 0.454 e. The van der Waals surface area contributed by atoms with Crippen molar-refractivity contribution in [2.45, 2.75) is 32.7 Å². The topological polar surface area (TPSA) is 73.6 Å². The van der Waals surface area contributed by atoms with E-state index in [0.717, 1.165) is 5.69 Å². The molecule has 0 bridgehead atoms. The minimum Gasteiger partial charge on any atom is -0.454 e. The fourth-order valence-electron chi connectivity index (χ4n) is 2.57. The summed E-state index contributed by atoms with van der Waals surface area (Å²) in [6.45, 7) is 6.90. The highest BCUT2D eigenvalue weighted by molar-refractivity contribution is 5.56. The van der Waals surface area contributed by atoms with Crippen molar-refractivity contribution in [2.75, 3.05) is 12.1 Å². The van der Waals surface area contributed by atoms with E-state index in [4.69, 9.17) is 9.47 Å². The van der Waals surface area contributed by atoms with Gasteiger partial charge in [0.2, 0.25) is 6.79 Å². The third-order valence-corrected chi connectivity index (χ3v) is 4.00. The number of benzene rings is 2. The van der Waals surface area contributed by atoms with Gasteiger partial charge in [0.25, 0.3) is 5.69 Å². The van der Waals surface area contributed by atoms with Gasteiger partial charge >= 0.3 is 0 Å². The SMILES string of the molecule is CC(C)(C)c1ccc(NCc2cc3c(cc2[N+](=O)[O-])OCO3)cc1. The van der Waals surface area contributed by atoms with Crippen LogP contribution in [0.2, 0.25) is 0 Å². The molecule has 0 saturated carbocycles. The summed E-state index contributed by atoms with van der Waals surface area (Å²) >= 11 is 0. The Kier molecular flexibility index (Phi) is 4.05. The smallest absolute Gasteiger partial charge is 0.278 e. The van der Waals surface area contributed by atoms with E-state index in [1.54, 1.807) is 6.07 Å². The van der Waals surface area contributed by atoms with Gasteiger partial charge in [-0.15, -0.1) is 0 Å². The Labute approximate surface area is 140 Å². The summed E-state index contributed by atoms with van der Waals surface area (Å²) < 4.78 is 10.5. The molecule has 0 spiro atoms. The Balaban J connectivity index is 1.78. The molecule has 0 aromatic heterocycles. The minimum atomic E-state index is -0.401. The van der Waals surface area contributed by atoms with E-state index in [2.05, 4.69) is 38.2 Å². The summed E-state index contributed by atoms with van der Waals surface area (Å²) in [5.74, 6) is 0.959. The average Bonchev–Trinajstić information content (AvgIpc) is 2.98. The summed E-state index contributed by atoms with van der Waals surface area (Å²) in [5, 5.41) is 14.5. The van der Waals surface area contributed by atoms with Gasteiger partial charge in [0.15, 0.2) is 11.5 Å². The van der Waals surface area contributed by atoms with Crippen LogP contribution >= 0.6 is 0 Å². The van der Waals surface area contributed by atoms with E-state index in [0.29, 0.717) is 23.6 Å². The fraction of sp³-hybridized carbons (Fsp3) is 0.333. The lowest BCUT2D eigenvalue weighted by atomic mass is 9.87.